The Balaban J connectivity index is 1.63. The minimum absolute atomic E-state index is 0.0987. The number of carbonyl (C=O) groups is 4. The van der Waals surface area contributed by atoms with Gasteiger partial charge in [-0.05, 0) is 36.4 Å². The minimum atomic E-state index is -5.85. The zero-order valence-corrected chi connectivity index (χ0v) is 17.9. The summed E-state index contributed by atoms with van der Waals surface area (Å²) in [6, 6.07) is 6.80. The highest BCUT2D eigenvalue weighted by molar-refractivity contribution is 7.92. The molecule has 1 fully saturated rings. The van der Waals surface area contributed by atoms with E-state index in [9.17, 15) is 40.8 Å². The lowest BCUT2D eigenvalue weighted by Gasteiger charge is -2.13. The SMILES string of the molecule is O=C(CCN1C(=O)CNC1=O)Nc1ccc(NC(=O)c2cccnc2S(=O)(=O)C(F)(F)F)cc1. The first-order valence-electron chi connectivity index (χ1n) is 9.46. The van der Waals surface area contributed by atoms with Crippen LogP contribution in [0.3, 0.4) is 0 Å². The highest BCUT2D eigenvalue weighted by atomic mass is 32.2. The topological polar surface area (TPSA) is 155 Å². The molecule has 1 aliphatic heterocycles. The summed E-state index contributed by atoms with van der Waals surface area (Å²) in [5.74, 6) is -2.08. The normalized spacial score (nSPS) is 14.0. The van der Waals surface area contributed by atoms with Gasteiger partial charge < -0.3 is 16.0 Å². The van der Waals surface area contributed by atoms with Crippen molar-refractivity contribution in [2.75, 3.05) is 23.7 Å². The monoisotopic (exact) mass is 499 g/mol. The van der Waals surface area contributed by atoms with Crippen molar-refractivity contribution in [3.8, 4) is 0 Å². The molecule has 0 radical (unpaired) electrons. The highest BCUT2D eigenvalue weighted by Gasteiger charge is 2.49. The number of anilines is 2. The van der Waals surface area contributed by atoms with Gasteiger partial charge in [0.15, 0.2) is 5.03 Å². The lowest BCUT2D eigenvalue weighted by molar-refractivity contribution is -0.125. The molecule has 2 heterocycles. The van der Waals surface area contributed by atoms with Crippen molar-refractivity contribution in [3.63, 3.8) is 0 Å². The van der Waals surface area contributed by atoms with Gasteiger partial charge in [0.1, 0.15) is 0 Å². The highest BCUT2D eigenvalue weighted by Crippen LogP contribution is 2.31. The third-order valence-electron chi connectivity index (χ3n) is 4.50. The number of halogens is 3. The molecule has 1 saturated heterocycles. The van der Waals surface area contributed by atoms with Gasteiger partial charge in [0.2, 0.25) is 11.8 Å². The van der Waals surface area contributed by atoms with Crippen molar-refractivity contribution in [3.05, 3.63) is 48.2 Å². The molecule has 11 nitrogen and oxygen atoms in total. The summed E-state index contributed by atoms with van der Waals surface area (Å²) in [4.78, 5) is 51.5. The summed E-state index contributed by atoms with van der Waals surface area (Å²) >= 11 is 0. The molecule has 0 spiro atoms. The molecule has 15 heteroatoms. The van der Waals surface area contributed by atoms with E-state index in [-0.39, 0.29) is 25.2 Å². The molecule has 0 atom stereocenters. The molecule has 0 bridgehead atoms. The van der Waals surface area contributed by atoms with Gasteiger partial charge in [0.05, 0.1) is 12.1 Å². The first-order chi connectivity index (χ1) is 15.9. The van der Waals surface area contributed by atoms with E-state index in [2.05, 4.69) is 20.9 Å². The molecular formula is C19H16F3N5O6S. The fourth-order valence-electron chi connectivity index (χ4n) is 2.84. The largest absolute Gasteiger partial charge is 0.503 e. The summed E-state index contributed by atoms with van der Waals surface area (Å²) in [6.45, 7) is -0.241. The predicted octanol–water partition coefficient (Wildman–Crippen LogP) is 1.51. The van der Waals surface area contributed by atoms with E-state index < -0.39 is 49.7 Å². The van der Waals surface area contributed by atoms with Crippen LogP contribution in [0, 0.1) is 0 Å². The van der Waals surface area contributed by atoms with Crippen molar-refractivity contribution in [2.45, 2.75) is 17.0 Å². The molecule has 34 heavy (non-hydrogen) atoms. The second kappa shape index (κ2) is 9.46. The van der Waals surface area contributed by atoms with Gasteiger partial charge >= 0.3 is 11.5 Å². The van der Waals surface area contributed by atoms with Crippen LogP contribution >= 0.6 is 0 Å². The smallest absolute Gasteiger partial charge is 0.329 e. The summed E-state index contributed by atoms with van der Waals surface area (Å²) < 4.78 is 62.1. The summed E-state index contributed by atoms with van der Waals surface area (Å²) in [7, 11) is -5.85. The Morgan fingerprint density at radius 3 is 2.24 bits per heavy atom. The number of sulfone groups is 1. The van der Waals surface area contributed by atoms with Crippen molar-refractivity contribution in [2.24, 2.45) is 0 Å². The van der Waals surface area contributed by atoms with Crippen molar-refractivity contribution < 1.29 is 40.8 Å². The number of hydrogen-bond donors (Lipinski definition) is 3. The lowest BCUT2D eigenvalue weighted by atomic mass is 10.2. The molecule has 1 aliphatic rings. The van der Waals surface area contributed by atoms with Crippen LogP contribution in [0.1, 0.15) is 16.8 Å². The molecule has 2 aromatic rings. The number of imide groups is 1. The van der Waals surface area contributed by atoms with Gasteiger partial charge in [0.25, 0.3) is 15.7 Å². The van der Waals surface area contributed by atoms with E-state index in [1.54, 1.807) is 0 Å². The van der Waals surface area contributed by atoms with E-state index in [1.165, 1.54) is 24.3 Å². The van der Waals surface area contributed by atoms with E-state index in [0.717, 1.165) is 23.2 Å². The second-order valence-electron chi connectivity index (χ2n) is 6.84. The van der Waals surface area contributed by atoms with Crippen LogP contribution in [-0.4, -0.2) is 60.7 Å². The third kappa shape index (κ3) is 5.31. The van der Waals surface area contributed by atoms with E-state index in [4.69, 9.17) is 0 Å². The van der Waals surface area contributed by atoms with Gasteiger partial charge in [-0.2, -0.15) is 13.2 Å². The fraction of sp³-hybridized carbons (Fsp3) is 0.211. The Morgan fingerprint density at radius 2 is 1.68 bits per heavy atom. The second-order valence-corrected chi connectivity index (χ2v) is 8.70. The molecule has 0 saturated carbocycles. The first kappa shape index (κ1) is 24.6. The maximum atomic E-state index is 12.9. The van der Waals surface area contributed by atoms with E-state index in [0.29, 0.717) is 5.69 Å². The zero-order valence-electron chi connectivity index (χ0n) is 17.0. The number of rotatable bonds is 7. The maximum Gasteiger partial charge on any atom is 0.503 e. The molecule has 0 unspecified atom stereocenters. The van der Waals surface area contributed by atoms with E-state index in [1.807, 2.05) is 0 Å². The molecule has 1 aromatic carbocycles. The van der Waals surface area contributed by atoms with Crippen LogP contribution in [0.2, 0.25) is 0 Å². The minimum Gasteiger partial charge on any atom is -0.329 e. The van der Waals surface area contributed by atoms with Crippen molar-refractivity contribution in [1.82, 2.24) is 15.2 Å². The number of urea groups is 1. The Labute approximate surface area is 190 Å². The first-order valence-corrected chi connectivity index (χ1v) is 10.9. The standard InChI is InChI=1S/C19H16F3N5O6S/c20-19(21,22)34(32,33)17-13(2-1-8-23-17)16(30)26-12-5-3-11(4-6-12)25-14(28)7-9-27-15(29)10-24-18(27)31/h1-6,8H,7,9-10H2,(H,24,31)(H,25,28)(H,26,30). The van der Waals surface area contributed by atoms with E-state index >= 15 is 0 Å². The summed E-state index contributed by atoms with van der Waals surface area (Å²) in [6.07, 6.45) is 0.661. The van der Waals surface area contributed by atoms with Crippen LogP contribution in [0.25, 0.3) is 0 Å². The quantitative estimate of drug-likeness (QED) is 0.488. The average Bonchev–Trinajstić information content (AvgIpc) is 3.10. The van der Waals surface area contributed by atoms with Crippen LogP contribution < -0.4 is 16.0 Å². The number of carbonyl (C=O) groups excluding carboxylic acids is 4. The molecule has 3 rings (SSSR count). The molecule has 0 aliphatic carbocycles. The Hall–Kier alpha value is -4.01. The Bertz CT molecular complexity index is 1230. The lowest BCUT2D eigenvalue weighted by Crippen LogP contribution is -2.33. The number of benzene rings is 1. The fourth-order valence-corrected chi connectivity index (χ4v) is 3.71. The summed E-state index contributed by atoms with van der Waals surface area (Å²) in [5, 5.41) is 5.68. The van der Waals surface area contributed by atoms with Gasteiger partial charge in [-0.25, -0.2) is 18.2 Å². The maximum absolute atomic E-state index is 12.9. The Kier molecular flexibility index (Phi) is 6.85. The van der Waals surface area contributed by atoms with Crippen LogP contribution in [0.5, 0.6) is 0 Å². The molecule has 3 N–H and O–H groups in total. The predicted molar refractivity (Wildman–Crippen MR) is 110 cm³/mol. The van der Waals surface area contributed by atoms with Gasteiger partial charge in [-0.15, -0.1) is 0 Å². The number of aromatic nitrogens is 1. The molecule has 5 amide bonds. The number of alkyl halides is 3. The van der Waals surface area contributed by atoms with Crippen LogP contribution in [0.15, 0.2) is 47.6 Å². The Morgan fingerprint density at radius 1 is 1.06 bits per heavy atom. The summed E-state index contributed by atoms with van der Waals surface area (Å²) in [5.41, 5.74) is -6.04. The zero-order chi connectivity index (χ0) is 25.1. The van der Waals surface area contributed by atoms with Crippen LogP contribution in [0.4, 0.5) is 29.3 Å². The van der Waals surface area contributed by atoms with Crippen molar-refractivity contribution in [1.29, 1.82) is 0 Å². The average molecular weight is 499 g/mol. The number of amides is 5. The van der Waals surface area contributed by atoms with Crippen LogP contribution in [-0.2, 0) is 19.4 Å². The number of nitrogens with one attached hydrogen (secondary N) is 3. The molecular weight excluding hydrogens is 483 g/mol. The van der Waals surface area contributed by atoms with Gasteiger partial charge in [-0.1, -0.05) is 0 Å². The van der Waals surface area contributed by atoms with Crippen molar-refractivity contribution >= 4 is 45.0 Å². The molecule has 1 aromatic heterocycles. The molecule has 180 valence electrons. The third-order valence-corrected chi connectivity index (χ3v) is 5.94. The number of hydrogen-bond acceptors (Lipinski definition) is 7. The van der Waals surface area contributed by atoms with Gasteiger partial charge in [-0.3, -0.25) is 19.3 Å². The number of pyridine rings is 1. The van der Waals surface area contributed by atoms with Gasteiger partial charge in [0, 0.05) is 30.5 Å². The number of nitrogens with zero attached hydrogens (tertiary/aromatic N) is 2.